The van der Waals surface area contributed by atoms with Crippen molar-refractivity contribution < 1.29 is 18.3 Å². The van der Waals surface area contributed by atoms with Gasteiger partial charge in [-0.15, -0.1) is 0 Å². The van der Waals surface area contributed by atoms with E-state index in [1.165, 1.54) is 32.1 Å². The minimum Gasteiger partial charge on any atom is -0.481 e. The SMILES string of the molecule is CCCCCCCCCCS(=O)(=O)CCC(=O)O. The molecule has 0 aromatic rings. The van der Waals surface area contributed by atoms with E-state index in [1.54, 1.807) is 0 Å². The maximum atomic E-state index is 11.4. The van der Waals surface area contributed by atoms with Crippen molar-refractivity contribution in [1.29, 1.82) is 0 Å². The first-order valence-corrected chi connectivity index (χ1v) is 8.72. The van der Waals surface area contributed by atoms with Gasteiger partial charge >= 0.3 is 5.97 Å². The van der Waals surface area contributed by atoms with Crippen LogP contribution in [0.25, 0.3) is 0 Å². The lowest BCUT2D eigenvalue weighted by atomic mass is 10.1. The summed E-state index contributed by atoms with van der Waals surface area (Å²) < 4.78 is 22.9. The Morgan fingerprint density at radius 1 is 0.889 bits per heavy atom. The van der Waals surface area contributed by atoms with Gasteiger partial charge in [-0.3, -0.25) is 4.79 Å². The zero-order valence-corrected chi connectivity index (χ0v) is 12.2. The summed E-state index contributed by atoms with van der Waals surface area (Å²) in [4.78, 5) is 10.3. The van der Waals surface area contributed by atoms with Crippen LogP contribution in [0.4, 0.5) is 0 Å². The summed E-state index contributed by atoms with van der Waals surface area (Å²) in [5.41, 5.74) is 0. The van der Waals surface area contributed by atoms with Crippen molar-refractivity contribution in [3.8, 4) is 0 Å². The Kier molecular flexibility index (Phi) is 10.0. The fourth-order valence-corrected chi connectivity index (χ4v) is 3.13. The van der Waals surface area contributed by atoms with Crippen LogP contribution in [0.1, 0.15) is 64.7 Å². The molecule has 0 unspecified atom stereocenters. The Balaban J connectivity index is 3.44. The summed E-state index contributed by atoms with van der Waals surface area (Å²) in [6, 6.07) is 0. The number of unbranched alkanes of at least 4 members (excludes halogenated alkanes) is 7. The van der Waals surface area contributed by atoms with Crippen LogP contribution in [-0.2, 0) is 14.6 Å². The third-order valence-electron chi connectivity index (χ3n) is 2.94. The number of hydrogen-bond donors (Lipinski definition) is 1. The van der Waals surface area contributed by atoms with Crippen molar-refractivity contribution in [3.05, 3.63) is 0 Å². The van der Waals surface area contributed by atoms with E-state index in [4.69, 9.17) is 5.11 Å². The predicted octanol–water partition coefficient (Wildman–Crippen LogP) is 3.02. The first-order valence-electron chi connectivity index (χ1n) is 6.90. The molecule has 0 saturated carbocycles. The maximum absolute atomic E-state index is 11.4. The first-order chi connectivity index (χ1) is 8.48. The second-order valence-corrected chi connectivity index (χ2v) is 7.07. The van der Waals surface area contributed by atoms with Crippen LogP contribution in [-0.4, -0.2) is 31.0 Å². The largest absolute Gasteiger partial charge is 0.481 e. The second-order valence-electron chi connectivity index (χ2n) is 4.77. The molecule has 4 nitrogen and oxygen atoms in total. The normalized spacial score (nSPS) is 11.6. The van der Waals surface area contributed by atoms with Gasteiger partial charge in [0.2, 0.25) is 0 Å². The minimum atomic E-state index is -3.16. The zero-order valence-electron chi connectivity index (χ0n) is 11.4. The lowest BCUT2D eigenvalue weighted by Gasteiger charge is -2.03. The molecular formula is C13H26O4S. The lowest BCUT2D eigenvalue weighted by molar-refractivity contribution is -0.136. The number of carbonyl (C=O) groups is 1. The molecule has 0 heterocycles. The Morgan fingerprint density at radius 2 is 1.39 bits per heavy atom. The maximum Gasteiger partial charge on any atom is 0.304 e. The highest BCUT2D eigenvalue weighted by Gasteiger charge is 2.12. The Hall–Kier alpha value is -0.580. The number of carboxylic acid groups (broad SMARTS) is 1. The molecule has 1 N–H and O–H groups in total. The Morgan fingerprint density at radius 3 is 1.89 bits per heavy atom. The van der Waals surface area contributed by atoms with Gasteiger partial charge in [-0.2, -0.15) is 0 Å². The molecule has 0 bridgehead atoms. The van der Waals surface area contributed by atoms with Crippen molar-refractivity contribution >= 4 is 15.8 Å². The van der Waals surface area contributed by atoms with Crippen molar-refractivity contribution in [1.82, 2.24) is 0 Å². The molecule has 0 spiro atoms. The van der Waals surface area contributed by atoms with Crippen LogP contribution in [0, 0.1) is 0 Å². The molecule has 0 aliphatic heterocycles. The molecule has 0 amide bonds. The zero-order chi connectivity index (χ0) is 13.9. The van der Waals surface area contributed by atoms with Crippen LogP contribution in [0.15, 0.2) is 0 Å². The van der Waals surface area contributed by atoms with Crippen LogP contribution < -0.4 is 0 Å². The predicted molar refractivity (Wildman–Crippen MR) is 73.5 cm³/mol. The Labute approximate surface area is 111 Å². The van der Waals surface area contributed by atoms with E-state index in [-0.39, 0.29) is 17.9 Å². The fraction of sp³-hybridized carbons (Fsp3) is 0.923. The Bertz CT molecular complexity index is 309. The minimum absolute atomic E-state index is 0.134. The highest BCUT2D eigenvalue weighted by Crippen LogP contribution is 2.09. The van der Waals surface area contributed by atoms with Crippen LogP contribution in [0.2, 0.25) is 0 Å². The van der Waals surface area contributed by atoms with Crippen LogP contribution >= 0.6 is 0 Å². The molecule has 5 heteroatoms. The molecule has 0 fully saturated rings. The van der Waals surface area contributed by atoms with Crippen LogP contribution in [0.3, 0.4) is 0 Å². The molecule has 0 aliphatic carbocycles. The van der Waals surface area contributed by atoms with Gasteiger partial charge in [0.1, 0.15) is 0 Å². The quantitative estimate of drug-likeness (QED) is 0.557. The summed E-state index contributed by atoms with van der Waals surface area (Å²) in [6.07, 6.45) is 8.60. The van der Waals surface area contributed by atoms with Gasteiger partial charge in [-0.1, -0.05) is 51.9 Å². The van der Waals surface area contributed by atoms with Gasteiger partial charge in [0.15, 0.2) is 9.84 Å². The second kappa shape index (κ2) is 10.4. The highest BCUT2D eigenvalue weighted by molar-refractivity contribution is 7.91. The van der Waals surface area contributed by atoms with E-state index < -0.39 is 15.8 Å². The summed E-state index contributed by atoms with van der Waals surface area (Å²) in [5, 5.41) is 8.42. The van der Waals surface area contributed by atoms with Gasteiger partial charge < -0.3 is 5.11 Å². The van der Waals surface area contributed by atoms with Crippen molar-refractivity contribution in [2.24, 2.45) is 0 Å². The van der Waals surface area contributed by atoms with Gasteiger partial charge in [-0.25, -0.2) is 8.42 Å². The molecule has 0 aliphatic rings. The fourth-order valence-electron chi connectivity index (χ4n) is 1.80. The summed E-state index contributed by atoms with van der Waals surface area (Å²) in [6.45, 7) is 2.18. The van der Waals surface area contributed by atoms with E-state index in [9.17, 15) is 13.2 Å². The van der Waals surface area contributed by atoms with E-state index in [2.05, 4.69) is 6.92 Å². The number of hydrogen-bond acceptors (Lipinski definition) is 3. The van der Waals surface area contributed by atoms with Gasteiger partial charge in [0.05, 0.1) is 17.9 Å². The molecule has 0 aromatic carbocycles. The number of carboxylic acids is 1. The van der Waals surface area contributed by atoms with E-state index in [0.29, 0.717) is 6.42 Å². The number of aliphatic carboxylic acids is 1. The average Bonchev–Trinajstić information content (AvgIpc) is 2.30. The van der Waals surface area contributed by atoms with Gasteiger partial charge in [-0.05, 0) is 6.42 Å². The smallest absolute Gasteiger partial charge is 0.304 e. The van der Waals surface area contributed by atoms with Gasteiger partial charge in [0.25, 0.3) is 0 Å². The van der Waals surface area contributed by atoms with Crippen LogP contribution in [0.5, 0.6) is 0 Å². The van der Waals surface area contributed by atoms with Crippen molar-refractivity contribution in [2.45, 2.75) is 64.7 Å². The number of rotatable bonds is 12. The summed E-state index contributed by atoms with van der Waals surface area (Å²) in [5.74, 6) is -1.14. The standard InChI is InChI=1S/C13H26O4S/c1-2-3-4-5-6-7-8-9-11-18(16,17)12-10-13(14)15/h2-12H2,1H3,(H,14,15). The molecule has 108 valence electrons. The topological polar surface area (TPSA) is 71.4 Å². The molecule has 0 atom stereocenters. The molecular weight excluding hydrogens is 252 g/mol. The van der Waals surface area contributed by atoms with E-state index in [1.807, 2.05) is 0 Å². The first kappa shape index (κ1) is 17.4. The molecule has 0 rings (SSSR count). The number of sulfone groups is 1. The molecule has 0 saturated heterocycles. The van der Waals surface area contributed by atoms with Gasteiger partial charge in [0, 0.05) is 0 Å². The summed E-state index contributed by atoms with van der Waals surface area (Å²) >= 11 is 0. The molecule has 0 aromatic heterocycles. The van der Waals surface area contributed by atoms with E-state index >= 15 is 0 Å². The van der Waals surface area contributed by atoms with E-state index in [0.717, 1.165) is 12.8 Å². The molecule has 18 heavy (non-hydrogen) atoms. The van der Waals surface area contributed by atoms with Crippen molar-refractivity contribution in [3.63, 3.8) is 0 Å². The van der Waals surface area contributed by atoms with Crippen molar-refractivity contribution in [2.75, 3.05) is 11.5 Å². The average molecular weight is 278 g/mol. The molecule has 0 radical (unpaired) electrons. The lowest BCUT2D eigenvalue weighted by Crippen LogP contribution is -2.14. The monoisotopic (exact) mass is 278 g/mol. The third-order valence-corrected chi connectivity index (χ3v) is 4.67. The highest BCUT2D eigenvalue weighted by atomic mass is 32.2. The summed E-state index contributed by atoms with van der Waals surface area (Å²) in [7, 11) is -3.16. The third kappa shape index (κ3) is 11.9.